The number of aryl methyl sites for hydroxylation is 1. The van der Waals surface area contributed by atoms with Gasteiger partial charge in [-0.05, 0) is 37.5 Å². The first-order valence-corrected chi connectivity index (χ1v) is 6.04. The highest BCUT2D eigenvalue weighted by Crippen LogP contribution is 2.20. The first kappa shape index (κ1) is 13.0. The second-order valence-corrected chi connectivity index (χ2v) is 4.72. The van der Waals surface area contributed by atoms with Crippen LogP contribution in [0.25, 0.3) is 0 Å². The molecular weight excluding hydrogens is 196 g/mol. The second-order valence-electron chi connectivity index (χ2n) is 4.72. The Bertz CT molecular complexity index is 332. The van der Waals surface area contributed by atoms with Gasteiger partial charge in [0.05, 0.1) is 0 Å². The van der Waals surface area contributed by atoms with Gasteiger partial charge in [0.15, 0.2) is 0 Å². The van der Waals surface area contributed by atoms with Gasteiger partial charge in [0.2, 0.25) is 0 Å². The number of anilines is 1. The molecule has 2 nitrogen and oxygen atoms in total. The lowest BCUT2D eigenvalue weighted by Crippen LogP contribution is -2.25. The van der Waals surface area contributed by atoms with Crippen molar-refractivity contribution in [3.05, 3.63) is 29.3 Å². The summed E-state index contributed by atoms with van der Waals surface area (Å²) in [6.07, 6.45) is 1.17. The van der Waals surface area contributed by atoms with Gasteiger partial charge in [0.1, 0.15) is 0 Å². The fourth-order valence-corrected chi connectivity index (χ4v) is 1.67. The van der Waals surface area contributed by atoms with Crippen molar-refractivity contribution in [3.8, 4) is 0 Å². The standard InChI is InChI=1S/C14H24N2/c1-6-12(3)15-10-13-8-7-11(2)9-14(13)16(4)5/h7-9,12,15H,6,10H2,1-5H3. The lowest BCUT2D eigenvalue weighted by molar-refractivity contribution is 0.534. The molecule has 0 aliphatic rings. The molecule has 0 radical (unpaired) electrons. The zero-order valence-corrected chi connectivity index (χ0v) is 11.2. The molecule has 1 atom stereocenters. The van der Waals surface area contributed by atoms with E-state index in [-0.39, 0.29) is 0 Å². The number of hydrogen-bond acceptors (Lipinski definition) is 2. The molecule has 0 saturated heterocycles. The van der Waals surface area contributed by atoms with Crippen LogP contribution in [0.4, 0.5) is 5.69 Å². The molecule has 2 heteroatoms. The first-order chi connectivity index (χ1) is 7.54. The molecule has 0 bridgehead atoms. The van der Waals surface area contributed by atoms with E-state index in [4.69, 9.17) is 0 Å². The molecule has 1 unspecified atom stereocenters. The molecule has 1 aromatic rings. The SMILES string of the molecule is CCC(C)NCc1ccc(C)cc1N(C)C. The van der Waals surface area contributed by atoms with Gasteiger partial charge in [-0.1, -0.05) is 19.1 Å². The van der Waals surface area contributed by atoms with Gasteiger partial charge in [-0.3, -0.25) is 0 Å². The molecule has 16 heavy (non-hydrogen) atoms. The van der Waals surface area contributed by atoms with Crippen LogP contribution in [0.1, 0.15) is 31.4 Å². The van der Waals surface area contributed by atoms with E-state index in [1.165, 1.54) is 23.2 Å². The van der Waals surface area contributed by atoms with E-state index >= 15 is 0 Å². The summed E-state index contributed by atoms with van der Waals surface area (Å²) in [7, 11) is 4.20. The molecule has 0 spiro atoms. The van der Waals surface area contributed by atoms with E-state index < -0.39 is 0 Å². The van der Waals surface area contributed by atoms with Crippen molar-refractivity contribution in [2.75, 3.05) is 19.0 Å². The summed E-state index contributed by atoms with van der Waals surface area (Å²) in [6, 6.07) is 7.23. The maximum Gasteiger partial charge on any atom is 0.0409 e. The van der Waals surface area contributed by atoms with Gasteiger partial charge in [-0.2, -0.15) is 0 Å². The molecule has 0 amide bonds. The molecule has 0 aliphatic heterocycles. The second kappa shape index (κ2) is 5.90. The lowest BCUT2D eigenvalue weighted by Gasteiger charge is -2.20. The van der Waals surface area contributed by atoms with Crippen LogP contribution in [0, 0.1) is 6.92 Å². The molecule has 0 saturated carbocycles. The summed E-state index contributed by atoms with van der Waals surface area (Å²) in [5.74, 6) is 0. The highest BCUT2D eigenvalue weighted by molar-refractivity contribution is 5.54. The number of hydrogen-bond donors (Lipinski definition) is 1. The van der Waals surface area contributed by atoms with Gasteiger partial charge < -0.3 is 10.2 Å². The van der Waals surface area contributed by atoms with Gasteiger partial charge in [-0.15, -0.1) is 0 Å². The lowest BCUT2D eigenvalue weighted by atomic mass is 10.1. The van der Waals surface area contributed by atoms with Crippen LogP contribution in [0.15, 0.2) is 18.2 Å². The zero-order chi connectivity index (χ0) is 12.1. The number of nitrogens with zero attached hydrogens (tertiary/aromatic N) is 1. The van der Waals surface area contributed by atoms with Crippen molar-refractivity contribution in [2.24, 2.45) is 0 Å². The number of benzene rings is 1. The first-order valence-electron chi connectivity index (χ1n) is 6.04. The Morgan fingerprint density at radius 2 is 2.00 bits per heavy atom. The summed E-state index contributed by atoms with van der Waals surface area (Å²) in [5, 5.41) is 3.54. The Morgan fingerprint density at radius 3 is 2.56 bits per heavy atom. The normalized spacial score (nSPS) is 12.6. The van der Waals surface area contributed by atoms with Crippen molar-refractivity contribution in [3.63, 3.8) is 0 Å². The van der Waals surface area contributed by atoms with Crippen LogP contribution in [0.2, 0.25) is 0 Å². The van der Waals surface area contributed by atoms with Gasteiger partial charge >= 0.3 is 0 Å². The van der Waals surface area contributed by atoms with Crippen LogP contribution in [-0.2, 0) is 6.54 Å². The topological polar surface area (TPSA) is 15.3 Å². The van der Waals surface area contributed by atoms with Crippen LogP contribution >= 0.6 is 0 Å². The summed E-state index contributed by atoms with van der Waals surface area (Å²) in [5.41, 5.74) is 4.00. The van der Waals surface area contributed by atoms with E-state index in [1.807, 2.05) is 0 Å². The third-order valence-electron chi connectivity index (χ3n) is 2.98. The fourth-order valence-electron chi connectivity index (χ4n) is 1.67. The maximum atomic E-state index is 3.54. The third kappa shape index (κ3) is 3.53. The number of rotatable bonds is 5. The molecule has 90 valence electrons. The summed E-state index contributed by atoms with van der Waals surface area (Å²) < 4.78 is 0. The highest BCUT2D eigenvalue weighted by Gasteiger charge is 2.05. The minimum atomic E-state index is 0.580. The van der Waals surface area contributed by atoms with Crippen LogP contribution in [0.5, 0.6) is 0 Å². The maximum absolute atomic E-state index is 3.54. The highest BCUT2D eigenvalue weighted by atomic mass is 15.1. The number of nitrogens with one attached hydrogen (secondary N) is 1. The Kier molecular flexibility index (Phi) is 4.81. The predicted molar refractivity (Wildman–Crippen MR) is 72.1 cm³/mol. The smallest absolute Gasteiger partial charge is 0.0409 e. The molecule has 0 aromatic heterocycles. The molecule has 0 fully saturated rings. The monoisotopic (exact) mass is 220 g/mol. The third-order valence-corrected chi connectivity index (χ3v) is 2.98. The Balaban J connectivity index is 2.78. The van der Waals surface area contributed by atoms with E-state index in [9.17, 15) is 0 Å². The van der Waals surface area contributed by atoms with Crippen molar-refractivity contribution >= 4 is 5.69 Å². The average molecular weight is 220 g/mol. The van der Waals surface area contributed by atoms with E-state index in [1.54, 1.807) is 0 Å². The summed E-state index contributed by atoms with van der Waals surface area (Å²) in [4.78, 5) is 2.18. The minimum absolute atomic E-state index is 0.580. The van der Waals surface area contributed by atoms with Gasteiger partial charge in [0, 0.05) is 32.4 Å². The zero-order valence-electron chi connectivity index (χ0n) is 11.2. The van der Waals surface area contributed by atoms with Crippen molar-refractivity contribution in [1.29, 1.82) is 0 Å². The van der Waals surface area contributed by atoms with Crippen molar-refractivity contribution in [1.82, 2.24) is 5.32 Å². The Labute approximate surface area is 99.7 Å². The van der Waals surface area contributed by atoms with Crippen molar-refractivity contribution < 1.29 is 0 Å². The van der Waals surface area contributed by atoms with Gasteiger partial charge in [-0.25, -0.2) is 0 Å². The minimum Gasteiger partial charge on any atom is -0.377 e. The average Bonchev–Trinajstić information content (AvgIpc) is 2.26. The van der Waals surface area contributed by atoms with Crippen LogP contribution < -0.4 is 10.2 Å². The predicted octanol–water partition coefficient (Wildman–Crippen LogP) is 2.95. The van der Waals surface area contributed by atoms with Crippen LogP contribution in [0.3, 0.4) is 0 Å². The van der Waals surface area contributed by atoms with E-state index in [2.05, 4.69) is 63.3 Å². The Morgan fingerprint density at radius 1 is 1.31 bits per heavy atom. The van der Waals surface area contributed by atoms with E-state index in [0.717, 1.165) is 6.54 Å². The molecular formula is C14H24N2. The summed E-state index contributed by atoms with van der Waals surface area (Å²) in [6.45, 7) is 7.52. The van der Waals surface area contributed by atoms with E-state index in [0.29, 0.717) is 6.04 Å². The van der Waals surface area contributed by atoms with Gasteiger partial charge in [0.25, 0.3) is 0 Å². The largest absolute Gasteiger partial charge is 0.377 e. The quantitative estimate of drug-likeness (QED) is 0.820. The fraction of sp³-hybridized carbons (Fsp3) is 0.571. The summed E-state index contributed by atoms with van der Waals surface area (Å²) >= 11 is 0. The Hall–Kier alpha value is -1.02. The molecule has 1 aromatic carbocycles. The molecule has 1 N–H and O–H groups in total. The van der Waals surface area contributed by atoms with Crippen LogP contribution in [-0.4, -0.2) is 20.1 Å². The molecule has 0 heterocycles. The van der Waals surface area contributed by atoms with Crippen molar-refractivity contribution in [2.45, 2.75) is 39.8 Å². The molecule has 0 aliphatic carbocycles. The molecule has 1 rings (SSSR count).